The first-order valence-corrected chi connectivity index (χ1v) is 8.18. The molecule has 1 aliphatic rings. The van der Waals surface area contributed by atoms with Crippen molar-refractivity contribution in [2.75, 3.05) is 26.2 Å². The zero-order valence-corrected chi connectivity index (χ0v) is 14.2. The highest BCUT2D eigenvalue weighted by Crippen LogP contribution is 2.27. The number of halogens is 2. The van der Waals surface area contributed by atoms with Crippen LogP contribution in [0.1, 0.15) is 43.3 Å². The van der Waals surface area contributed by atoms with Gasteiger partial charge in [-0.05, 0) is 19.9 Å². The number of benzene rings is 1. The smallest absolute Gasteiger partial charge is 0.233 e. The highest BCUT2D eigenvalue weighted by Gasteiger charge is 2.28. The van der Waals surface area contributed by atoms with Crippen molar-refractivity contribution < 1.29 is 13.2 Å². The van der Waals surface area contributed by atoms with Crippen LogP contribution in [0, 0.1) is 18.6 Å². The van der Waals surface area contributed by atoms with Gasteiger partial charge in [-0.3, -0.25) is 9.80 Å². The topological polar surface area (TPSA) is 45.4 Å². The van der Waals surface area contributed by atoms with Gasteiger partial charge in [0, 0.05) is 50.8 Å². The van der Waals surface area contributed by atoms with Gasteiger partial charge in [-0.2, -0.15) is 0 Å². The van der Waals surface area contributed by atoms with E-state index in [0.717, 1.165) is 32.2 Å². The van der Waals surface area contributed by atoms with E-state index in [1.807, 2.05) is 13.8 Å². The predicted molar refractivity (Wildman–Crippen MR) is 85.4 cm³/mol. The number of piperazine rings is 1. The lowest BCUT2D eigenvalue weighted by atomic mass is 10.0. The van der Waals surface area contributed by atoms with E-state index >= 15 is 0 Å². The molecular formula is C17H22F2N4O. The Balaban J connectivity index is 1.62. The Kier molecular flexibility index (Phi) is 4.91. The SMILES string of the molecule is Cc1nnc(C(C)N2CCN(C(C)c3ccc(F)cc3F)CC2)o1. The third-order valence-corrected chi connectivity index (χ3v) is 4.76. The molecule has 0 aliphatic carbocycles. The molecule has 24 heavy (non-hydrogen) atoms. The molecule has 0 saturated carbocycles. The first-order chi connectivity index (χ1) is 11.5. The van der Waals surface area contributed by atoms with Gasteiger partial charge in [0.1, 0.15) is 11.6 Å². The maximum absolute atomic E-state index is 14.0. The zero-order chi connectivity index (χ0) is 17.3. The van der Waals surface area contributed by atoms with Crippen LogP contribution in [0.3, 0.4) is 0 Å². The Morgan fingerprint density at radius 2 is 1.62 bits per heavy atom. The summed E-state index contributed by atoms with van der Waals surface area (Å²) in [5.41, 5.74) is 0.533. The second-order valence-electron chi connectivity index (χ2n) is 6.25. The Bertz CT molecular complexity index is 698. The fourth-order valence-electron chi connectivity index (χ4n) is 3.19. The van der Waals surface area contributed by atoms with Crippen molar-refractivity contribution in [2.45, 2.75) is 32.9 Å². The molecule has 0 N–H and O–H groups in total. The molecule has 0 bridgehead atoms. The minimum atomic E-state index is -0.544. The number of aryl methyl sites for hydroxylation is 1. The molecular weight excluding hydrogens is 314 g/mol. The summed E-state index contributed by atoms with van der Waals surface area (Å²) >= 11 is 0. The van der Waals surface area contributed by atoms with Gasteiger partial charge in [-0.15, -0.1) is 10.2 Å². The molecule has 0 radical (unpaired) electrons. The number of hydrogen-bond acceptors (Lipinski definition) is 5. The summed E-state index contributed by atoms with van der Waals surface area (Å²) in [6.45, 7) is 9.04. The largest absolute Gasteiger partial charge is 0.424 e. The van der Waals surface area contributed by atoms with Crippen LogP contribution >= 0.6 is 0 Å². The Hall–Kier alpha value is -1.86. The number of hydrogen-bond donors (Lipinski definition) is 0. The Labute approximate surface area is 140 Å². The molecule has 130 valence electrons. The number of rotatable bonds is 4. The van der Waals surface area contributed by atoms with Gasteiger partial charge in [0.05, 0.1) is 6.04 Å². The number of aromatic nitrogens is 2. The minimum absolute atomic E-state index is 0.0613. The van der Waals surface area contributed by atoms with Crippen LogP contribution in [0.4, 0.5) is 8.78 Å². The van der Waals surface area contributed by atoms with Gasteiger partial charge in [0.25, 0.3) is 0 Å². The highest BCUT2D eigenvalue weighted by atomic mass is 19.1. The van der Waals surface area contributed by atoms with Crippen LogP contribution in [-0.4, -0.2) is 46.2 Å². The van der Waals surface area contributed by atoms with Crippen molar-refractivity contribution in [2.24, 2.45) is 0 Å². The summed E-state index contributed by atoms with van der Waals surface area (Å²) in [6.07, 6.45) is 0. The van der Waals surface area contributed by atoms with Crippen LogP contribution in [0.5, 0.6) is 0 Å². The first kappa shape index (κ1) is 17.0. The summed E-state index contributed by atoms with van der Waals surface area (Å²) in [5.74, 6) is 0.158. The molecule has 1 aromatic carbocycles. The second kappa shape index (κ2) is 6.94. The van der Waals surface area contributed by atoms with Crippen LogP contribution in [0.25, 0.3) is 0 Å². The van der Waals surface area contributed by atoms with Crippen LogP contribution in [-0.2, 0) is 0 Å². The van der Waals surface area contributed by atoms with E-state index in [0.29, 0.717) is 17.3 Å². The van der Waals surface area contributed by atoms with E-state index in [2.05, 4.69) is 20.0 Å². The van der Waals surface area contributed by atoms with Gasteiger partial charge >= 0.3 is 0 Å². The number of nitrogens with zero attached hydrogens (tertiary/aromatic N) is 4. The molecule has 1 fully saturated rings. The lowest BCUT2D eigenvalue weighted by Gasteiger charge is -2.39. The molecule has 7 heteroatoms. The van der Waals surface area contributed by atoms with Gasteiger partial charge in [-0.1, -0.05) is 6.07 Å². The van der Waals surface area contributed by atoms with Crippen LogP contribution in [0.2, 0.25) is 0 Å². The molecule has 2 unspecified atom stereocenters. The minimum Gasteiger partial charge on any atom is -0.424 e. The summed E-state index contributed by atoms with van der Waals surface area (Å²) in [5, 5.41) is 7.96. The van der Waals surface area contributed by atoms with Crippen molar-refractivity contribution in [1.82, 2.24) is 20.0 Å². The monoisotopic (exact) mass is 336 g/mol. The zero-order valence-electron chi connectivity index (χ0n) is 14.2. The fraction of sp³-hybridized carbons (Fsp3) is 0.529. The summed E-state index contributed by atoms with van der Waals surface area (Å²) in [7, 11) is 0. The fourth-order valence-corrected chi connectivity index (χ4v) is 3.19. The average Bonchev–Trinajstić information content (AvgIpc) is 3.00. The molecule has 0 spiro atoms. The van der Waals surface area contributed by atoms with Gasteiger partial charge < -0.3 is 4.42 Å². The van der Waals surface area contributed by atoms with Crippen molar-refractivity contribution in [1.29, 1.82) is 0 Å². The third kappa shape index (κ3) is 3.47. The van der Waals surface area contributed by atoms with E-state index in [9.17, 15) is 8.78 Å². The summed E-state index contributed by atoms with van der Waals surface area (Å²) in [4.78, 5) is 4.48. The third-order valence-electron chi connectivity index (χ3n) is 4.76. The molecule has 5 nitrogen and oxygen atoms in total. The van der Waals surface area contributed by atoms with Crippen molar-refractivity contribution in [3.05, 3.63) is 47.2 Å². The van der Waals surface area contributed by atoms with Crippen molar-refractivity contribution >= 4 is 0 Å². The molecule has 1 saturated heterocycles. The van der Waals surface area contributed by atoms with E-state index in [-0.39, 0.29) is 12.1 Å². The maximum atomic E-state index is 14.0. The summed E-state index contributed by atoms with van der Waals surface area (Å²) in [6, 6.07) is 3.76. The van der Waals surface area contributed by atoms with Gasteiger partial charge in [0.15, 0.2) is 0 Å². The normalized spacial score (nSPS) is 19.4. The van der Waals surface area contributed by atoms with E-state index in [1.54, 1.807) is 6.92 Å². The van der Waals surface area contributed by atoms with Gasteiger partial charge in [-0.25, -0.2) is 8.78 Å². The maximum Gasteiger partial charge on any atom is 0.233 e. The molecule has 2 heterocycles. The van der Waals surface area contributed by atoms with Crippen molar-refractivity contribution in [3.8, 4) is 0 Å². The van der Waals surface area contributed by atoms with Crippen LogP contribution < -0.4 is 0 Å². The first-order valence-electron chi connectivity index (χ1n) is 8.18. The second-order valence-corrected chi connectivity index (χ2v) is 6.25. The predicted octanol–water partition coefficient (Wildman–Crippen LogP) is 3.10. The van der Waals surface area contributed by atoms with E-state index in [4.69, 9.17) is 4.42 Å². The Morgan fingerprint density at radius 1 is 1.00 bits per heavy atom. The van der Waals surface area contributed by atoms with E-state index < -0.39 is 11.6 Å². The molecule has 1 aliphatic heterocycles. The standard InChI is InChI=1S/C17H22F2N4O/c1-11(15-5-4-14(18)10-16(15)19)22-6-8-23(9-7-22)12(2)17-21-20-13(3)24-17/h4-5,10-12H,6-9H2,1-3H3. The van der Waals surface area contributed by atoms with Crippen LogP contribution in [0.15, 0.2) is 22.6 Å². The quantitative estimate of drug-likeness (QED) is 0.858. The van der Waals surface area contributed by atoms with Gasteiger partial charge in [0.2, 0.25) is 11.8 Å². The lowest BCUT2D eigenvalue weighted by molar-refractivity contribution is 0.0687. The molecule has 2 aromatic rings. The molecule has 1 aromatic heterocycles. The van der Waals surface area contributed by atoms with Crippen molar-refractivity contribution in [3.63, 3.8) is 0 Å². The Morgan fingerprint density at radius 3 is 2.17 bits per heavy atom. The highest BCUT2D eigenvalue weighted by molar-refractivity contribution is 5.22. The summed E-state index contributed by atoms with van der Waals surface area (Å²) < 4.78 is 32.6. The average molecular weight is 336 g/mol. The lowest BCUT2D eigenvalue weighted by Crippen LogP contribution is -2.47. The molecule has 0 amide bonds. The molecule has 2 atom stereocenters. The van der Waals surface area contributed by atoms with E-state index in [1.165, 1.54) is 12.1 Å². The molecule has 3 rings (SSSR count).